The Bertz CT molecular complexity index is 973. The van der Waals surface area contributed by atoms with Gasteiger partial charge in [-0.25, -0.2) is 4.98 Å². The summed E-state index contributed by atoms with van der Waals surface area (Å²) in [5, 5.41) is 30.1. The molecule has 1 saturated carbocycles. The highest BCUT2D eigenvalue weighted by atomic mass is 16.5. The van der Waals surface area contributed by atoms with Crippen LogP contribution in [0.1, 0.15) is 30.9 Å². The van der Waals surface area contributed by atoms with Crippen LogP contribution in [-0.2, 0) is 0 Å². The summed E-state index contributed by atoms with van der Waals surface area (Å²) in [7, 11) is 1.44. The van der Waals surface area contributed by atoms with Gasteiger partial charge < -0.3 is 24.6 Å². The lowest BCUT2D eigenvalue weighted by atomic mass is 9.92. The van der Waals surface area contributed by atoms with Crippen molar-refractivity contribution in [3.63, 3.8) is 0 Å². The van der Waals surface area contributed by atoms with Gasteiger partial charge in [0.2, 0.25) is 5.75 Å². The quantitative estimate of drug-likeness (QED) is 0.630. The highest BCUT2D eigenvalue weighted by Crippen LogP contribution is 2.45. The minimum atomic E-state index is -0.271. The molecule has 1 heterocycles. The average molecular weight is 340 g/mol. The van der Waals surface area contributed by atoms with Crippen molar-refractivity contribution in [1.29, 1.82) is 0 Å². The molecule has 130 valence electrons. The number of aromatic nitrogens is 2. The maximum atomic E-state index is 10.3. The van der Waals surface area contributed by atoms with Crippen molar-refractivity contribution in [3.05, 3.63) is 29.8 Å². The van der Waals surface area contributed by atoms with E-state index in [9.17, 15) is 15.3 Å². The topological polar surface area (TPSA) is 87.7 Å². The predicted octanol–water partition coefficient (Wildman–Crippen LogP) is 3.86. The van der Waals surface area contributed by atoms with Crippen LogP contribution in [0.25, 0.3) is 22.4 Å². The monoisotopic (exact) mass is 340 g/mol. The van der Waals surface area contributed by atoms with Gasteiger partial charge in [-0.3, -0.25) is 0 Å². The third-order valence-electron chi connectivity index (χ3n) is 5.07. The van der Waals surface area contributed by atoms with E-state index in [1.165, 1.54) is 13.5 Å². The Kier molecular flexibility index (Phi) is 3.49. The summed E-state index contributed by atoms with van der Waals surface area (Å²) >= 11 is 0. The standard InChI is InChI=1S/C19H20N2O4/c1-10-13(9-16(25-2)18(24)17(10)23)19-20-14-8-12(22)6-7-15(14)21(19)11-4-3-5-11/h6-9,11,22-24H,3-5H2,1-2H3. The van der Waals surface area contributed by atoms with Crippen LogP contribution in [0.5, 0.6) is 23.0 Å². The molecule has 4 rings (SSSR count). The predicted molar refractivity (Wildman–Crippen MR) is 94.3 cm³/mol. The van der Waals surface area contributed by atoms with Crippen LogP contribution in [0, 0.1) is 6.92 Å². The summed E-state index contributed by atoms with van der Waals surface area (Å²) in [5.41, 5.74) is 2.89. The number of fused-ring (bicyclic) bond motifs is 1. The van der Waals surface area contributed by atoms with Gasteiger partial charge in [-0.1, -0.05) is 0 Å². The van der Waals surface area contributed by atoms with Gasteiger partial charge >= 0.3 is 0 Å². The number of phenolic OH excluding ortho intramolecular Hbond substituents is 3. The van der Waals surface area contributed by atoms with Crippen LogP contribution in [0.3, 0.4) is 0 Å². The zero-order valence-electron chi connectivity index (χ0n) is 14.2. The molecule has 3 aromatic rings. The zero-order chi connectivity index (χ0) is 17.7. The fourth-order valence-corrected chi connectivity index (χ4v) is 3.41. The SMILES string of the molecule is COc1cc(-c2nc3cc(O)ccc3n2C2CCC2)c(C)c(O)c1O. The van der Waals surface area contributed by atoms with E-state index in [-0.39, 0.29) is 23.0 Å². The Labute approximate surface area is 144 Å². The second-order valence-corrected chi connectivity index (χ2v) is 6.51. The highest BCUT2D eigenvalue weighted by Gasteiger charge is 2.27. The molecule has 25 heavy (non-hydrogen) atoms. The fourth-order valence-electron chi connectivity index (χ4n) is 3.41. The van der Waals surface area contributed by atoms with Crippen molar-refractivity contribution in [1.82, 2.24) is 9.55 Å². The largest absolute Gasteiger partial charge is 0.508 e. The smallest absolute Gasteiger partial charge is 0.200 e. The molecule has 0 saturated heterocycles. The van der Waals surface area contributed by atoms with Gasteiger partial charge in [0.25, 0.3) is 0 Å². The minimum Gasteiger partial charge on any atom is -0.508 e. The fraction of sp³-hybridized carbons (Fsp3) is 0.316. The molecule has 3 N–H and O–H groups in total. The maximum absolute atomic E-state index is 10.3. The summed E-state index contributed by atoms with van der Waals surface area (Å²) < 4.78 is 7.35. The lowest BCUT2D eigenvalue weighted by molar-refractivity contribution is 0.322. The van der Waals surface area contributed by atoms with E-state index in [1.54, 1.807) is 25.1 Å². The van der Waals surface area contributed by atoms with Crippen LogP contribution in [-0.4, -0.2) is 32.0 Å². The average Bonchev–Trinajstić information content (AvgIpc) is 2.89. The van der Waals surface area contributed by atoms with Crippen LogP contribution in [0.15, 0.2) is 24.3 Å². The molecule has 1 aliphatic carbocycles. The minimum absolute atomic E-state index is 0.167. The number of benzene rings is 2. The molecule has 0 atom stereocenters. The summed E-state index contributed by atoms with van der Waals surface area (Å²) in [6.45, 7) is 1.74. The Balaban J connectivity index is 2.02. The Morgan fingerprint density at radius 2 is 1.88 bits per heavy atom. The summed E-state index contributed by atoms with van der Waals surface area (Å²) in [4.78, 5) is 4.71. The molecule has 6 heteroatoms. The first-order valence-corrected chi connectivity index (χ1v) is 8.32. The third-order valence-corrected chi connectivity index (χ3v) is 5.07. The van der Waals surface area contributed by atoms with Gasteiger partial charge in [0.05, 0.1) is 18.1 Å². The molecule has 2 aromatic carbocycles. The van der Waals surface area contributed by atoms with Crippen LogP contribution < -0.4 is 4.74 Å². The summed E-state index contributed by atoms with van der Waals surface area (Å²) in [6, 6.07) is 7.20. The Hall–Kier alpha value is -2.89. The van der Waals surface area contributed by atoms with Crippen molar-refractivity contribution in [2.24, 2.45) is 0 Å². The Morgan fingerprint density at radius 3 is 2.52 bits per heavy atom. The zero-order valence-corrected chi connectivity index (χ0v) is 14.2. The normalized spacial score (nSPS) is 14.6. The number of nitrogens with zero attached hydrogens (tertiary/aromatic N) is 2. The molecule has 1 aromatic heterocycles. The van der Waals surface area contributed by atoms with E-state index in [4.69, 9.17) is 9.72 Å². The maximum Gasteiger partial charge on any atom is 0.200 e. The number of hydrogen-bond acceptors (Lipinski definition) is 5. The van der Waals surface area contributed by atoms with Gasteiger partial charge in [-0.05, 0) is 44.4 Å². The van der Waals surface area contributed by atoms with E-state index in [2.05, 4.69) is 4.57 Å². The highest BCUT2D eigenvalue weighted by molar-refractivity contribution is 5.84. The van der Waals surface area contributed by atoms with Crippen LogP contribution >= 0.6 is 0 Å². The van der Waals surface area contributed by atoms with Crippen LogP contribution in [0.4, 0.5) is 0 Å². The second-order valence-electron chi connectivity index (χ2n) is 6.51. The molecule has 6 nitrogen and oxygen atoms in total. The number of hydrogen-bond donors (Lipinski definition) is 3. The van der Waals surface area contributed by atoms with E-state index >= 15 is 0 Å². The van der Waals surface area contributed by atoms with E-state index < -0.39 is 0 Å². The van der Waals surface area contributed by atoms with Gasteiger partial charge in [0, 0.05) is 23.2 Å². The van der Waals surface area contributed by atoms with Gasteiger partial charge in [0.1, 0.15) is 11.6 Å². The molecule has 0 aliphatic heterocycles. The molecule has 0 spiro atoms. The summed E-state index contributed by atoms with van der Waals surface area (Å²) in [5.74, 6) is 0.599. The van der Waals surface area contributed by atoms with E-state index in [0.717, 1.165) is 18.4 Å². The number of methoxy groups -OCH3 is 1. The molecule has 0 bridgehead atoms. The lowest BCUT2D eigenvalue weighted by Crippen LogP contribution is -2.18. The van der Waals surface area contributed by atoms with Crippen LogP contribution in [0.2, 0.25) is 0 Å². The number of ether oxygens (including phenoxy) is 1. The van der Waals surface area contributed by atoms with Crippen molar-refractivity contribution < 1.29 is 20.1 Å². The van der Waals surface area contributed by atoms with Gasteiger partial charge in [0.15, 0.2) is 11.5 Å². The number of imidazole rings is 1. The molecule has 0 amide bonds. The first kappa shape index (κ1) is 15.6. The molecule has 1 fully saturated rings. The molecule has 1 aliphatic rings. The molecular formula is C19H20N2O4. The van der Waals surface area contributed by atoms with Crippen molar-refractivity contribution >= 4 is 11.0 Å². The van der Waals surface area contributed by atoms with Crippen molar-refractivity contribution in [2.75, 3.05) is 7.11 Å². The first-order chi connectivity index (χ1) is 12.0. The second kappa shape index (κ2) is 5.58. The number of phenols is 3. The number of aromatic hydroxyl groups is 3. The molecular weight excluding hydrogens is 320 g/mol. The third kappa shape index (κ3) is 2.28. The van der Waals surface area contributed by atoms with Gasteiger partial charge in [-0.2, -0.15) is 0 Å². The Morgan fingerprint density at radius 1 is 1.12 bits per heavy atom. The van der Waals surface area contributed by atoms with Crippen molar-refractivity contribution in [3.8, 4) is 34.4 Å². The molecule has 0 radical (unpaired) electrons. The van der Waals surface area contributed by atoms with E-state index in [0.29, 0.717) is 28.5 Å². The molecule has 0 unspecified atom stereocenters. The van der Waals surface area contributed by atoms with Crippen molar-refractivity contribution in [2.45, 2.75) is 32.2 Å². The van der Waals surface area contributed by atoms with Gasteiger partial charge in [-0.15, -0.1) is 0 Å². The number of rotatable bonds is 3. The lowest BCUT2D eigenvalue weighted by Gasteiger charge is -2.29. The summed E-state index contributed by atoms with van der Waals surface area (Å²) in [6.07, 6.45) is 3.31. The first-order valence-electron chi connectivity index (χ1n) is 8.32. The van der Waals surface area contributed by atoms with E-state index in [1.807, 2.05) is 6.07 Å².